The van der Waals surface area contributed by atoms with Crippen molar-refractivity contribution in [3.63, 3.8) is 0 Å². The Morgan fingerprint density at radius 1 is 0.757 bits per heavy atom. The van der Waals surface area contributed by atoms with E-state index < -0.39 is 54.5 Å². The smallest absolute Gasteiger partial charge is 0.377 e. The molecule has 0 aliphatic rings. The van der Waals surface area contributed by atoms with Crippen molar-refractivity contribution in [1.82, 2.24) is 0 Å². The van der Waals surface area contributed by atoms with E-state index in [1.54, 1.807) is 0 Å². The molecule has 0 aromatic heterocycles. The predicted octanol–water partition coefficient (Wildman–Crippen LogP) is 5.62. The molecule has 0 bridgehead atoms. The van der Waals surface area contributed by atoms with Crippen LogP contribution in [0.3, 0.4) is 0 Å². The van der Waals surface area contributed by atoms with Gasteiger partial charge in [-0.1, -0.05) is 12.1 Å². The molecule has 18 heteroatoms. The fraction of sp³-hybridized carbons (Fsp3) is 0.684. The van der Waals surface area contributed by atoms with Crippen LogP contribution in [0.4, 0.5) is 43.9 Å². The number of hydrogen-bond donors (Lipinski definition) is 0. The van der Waals surface area contributed by atoms with Crippen molar-refractivity contribution >= 4 is 22.8 Å². The summed E-state index contributed by atoms with van der Waals surface area (Å²) in [6, 6.07) is 2.76. The highest BCUT2D eigenvalue weighted by molar-refractivity contribution is 6.75. The van der Waals surface area contributed by atoms with E-state index >= 15 is 0 Å². The molecule has 6 nitrogen and oxygen atoms in total. The van der Waals surface area contributed by atoms with Gasteiger partial charge >= 0.3 is 36.1 Å². The lowest BCUT2D eigenvalue weighted by atomic mass is 10.2. The monoisotopic (exact) mass is 598 g/mol. The number of rotatable bonds is 12. The van der Waals surface area contributed by atoms with Crippen LogP contribution in [0.15, 0.2) is 24.3 Å². The van der Waals surface area contributed by atoms with Crippen LogP contribution in [-0.4, -0.2) is 70.9 Å². The highest BCUT2D eigenvalue weighted by Gasteiger charge is 2.53. The molecule has 0 heterocycles. The first-order chi connectivity index (χ1) is 16.8. The molecule has 218 valence electrons. The van der Waals surface area contributed by atoms with Gasteiger partial charge < -0.3 is 26.6 Å². The quantitative estimate of drug-likeness (QED) is 0.230. The van der Waals surface area contributed by atoms with Crippen LogP contribution >= 0.6 is 0 Å². The van der Waals surface area contributed by atoms with Crippen LogP contribution in [0.25, 0.3) is 0 Å². The SMILES string of the molecule is CCO[Si](OCC)(OC(F)C(F)(F)F)c1ccc(C(F)(F)F)cc1.CO[Si](CCC(F)(F)F)(OC)OC. The fourth-order valence-electron chi connectivity index (χ4n) is 2.64. The first kappa shape index (κ1) is 35.7. The molecule has 0 spiro atoms. The van der Waals surface area contributed by atoms with E-state index in [1.807, 2.05) is 0 Å². The summed E-state index contributed by atoms with van der Waals surface area (Å²) in [4.78, 5) is 0. The van der Waals surface area contributed by atoms with Gasteiger partial charge in [0, 0.05) is 52.2 Å². The van der Waals surface area contributed by atoms with Gasteiger partial charge in [-0.2, -0.15) is 39.5 Å². The molecule has 1 rings (SSSR count). The van der Waals surface area contributed by atoms with Crippen LogP contribution in [-0.2, 0) is 32.7 Å². The third kappa shape index (κ3) is 12.0. The zero-order valence-corrected chi connectivity index (χ0v) is 22.4. The number of alkyl halides is 10. The Labute approximate surface area is 209 Å². The van der Waals surface area contributed by atoms with Crippen LogP contribution in [0.5, 0.6) is 0 Å². The summed E-state index contributed by atoms with van der Waals surface area (Å²) in [5.74, 6) is 0. The lowest BCUT2D eigenvalue weighted by Gasteiger charge is -2.31. The van der Waals surface area contributed by atoms with Gasteiger partial charge in [0.2, 0.25) is 0 Å². The average molecular weight is 599 g/mol. The van der Waals surface area contributed by atoms with Gasteiger partial charge in [-0.15, -0.1) is 0 Å². The lowest BCUT2D eigenvalue weighted by Crippen LogP contribution is -2.59. The van der Waals surface area contributed by atoms with E-state index in [9.17, 15) is 43.9 Å². The molecule has 0 aliphatic carbocycles. The highest BCUT2D eigenvalue weighted by atomic mass is 28.4. The largest absolute Gasteiger partial charge is 0.539 e. The second-order valence-electron chi connectivity index (χ2n) is 6.88. The van der Waals surface area contributed by atoms with E-state index in [-0.39, 0.29) is 24.4 Å². The number of hydrogen-bond acceptors (Lipinski definition) is 6. The molecule has 37 heavy (non-hydrogen) atoms. The Kier molecular flexibility index (Phi) is 14.2. The number of benzene rings is 1. The summed E-state index contributed by atoms with van der Waals surface area (Å²) < 4.78 is 153. The minimum Gasteiger partial charge on any atom is -0.377 e. The molecule has 1 aromatic carbocycles. The molecule has 0 radical (unpaired) electrons. The molecule has 0 saturated carbocycles. The van der Waals surface area contributed by atoms with Crippen molar-refractivity contribution in [3.8, 4) is 0 Å². The molecule has 0 saturated heterocycles. The summed E-state index contributed by atoms with van der Waals surface area (Å²) in [7, 11) is -3.57. The predicted molar refractivity (Wildman–Crippen MR) is 114 cm³/mol. The van der Waals surface area contributed by atoms with Crippen molar-refractivity contribution < 1.29 is 70.5 Å². The average Bonchev–Trinajstić information content (AvgIpc) is 2.79. The Balaban J connectivity index is 0.000000845. The third-order valence-corrected chi connectivity index (χ3v) is 10.0. The molecule has 0 aliphatic heterocycles. The Morgan fingerprint density at radius 2 is 1.19 bits per heavy atom. The van der Waals surface area contributed by atoms with Gasteiger partial charge in [0.25, 0.3) is 6.36 Å². The van der Waals surface area contributed by atoms with Crippen molar-refractivity contribution in [1.29, 1.82) is 0 Å². The first-order valence-corrected chi connectivity index (χ1v) is 14.1. The summed E-state index contributed by atoms with van der Waals surface area (Å²) >= 11 is 0. The van der Waals surface area contributed by atoms with Crippen molar-refractivity contribution in [2.24, 2.45) is 0 Å². The molecule has 1 aromatic rings. The van der Waals surface area contributed by atoms with Crippen molar-refractivity contribution in [2.75, 3.05) is 34.5 Å². The summed E-state index contributed by atoms with van der Waals surface area (Å²) in [5, 5.41) is -0.203. The van der Waals surface area contributed by atoms with Gasteiger partial charge in [0.1, 0.15) is 0 Å². The molecule has 0 amide bonds. The maximum atomic E-state index is 13.4. The Morgan fingerprint density at radius 3 is 1.49 bits per heavy atom. The van der Waals surface area contributed by atoms with E-state index in [0.717, 1.165) is 12.1 Å². The van der Waals surface area contributed by atoms with Gasteiger partial charge in [0.05, 0.1) is 5.56 Å². The van der Waals surface area contributed by atoms with Gasteiger partial charge in [-0.05, 0) is 26.0 Å². The lowest BCUT2D eigenvalue weighted by molar-refractivity contribution is -0.248. The molecular weight excluding hydrogens is 570 g/mol. The van der Waals surface area contributed by atoms with Crippen LogP contribution in [0.2, 0.25) is 6.04 Å². The standard InChI is InChI=1S/C13H15F7O3Si.C6H13F3O3Si/c1-3-21-24(22-4-2,23-11(14)13(18,19)20)10-7-5-9(6-8-10)12(15,16)17;1-10-13(11-2,12-3)5-4-6(7,8)9/h5-8,11H,3-4H2,1-2H3;4-5H2,1-3H3. The highest BCUT2D eigenvalue weighted by Crippen LogP contribution is 2.30. The van der Waals surface area contributed by atoms with Crippen LogP contribution < -0.4 is 5.19 Å². The van der Waals surface area contributed by atoms with E-state index in [1.165, 1.54) is 35.2 Å². The Hall–Kier alpha value is -1.29. The fourth-order valence-corrected chi connectivity index (χ4v) is 6.77. The molecule has 1 unspecified atom stereocenters. The minimum absolute atomic E-state index is 0.183. The second-order valence-corrected chi connectivity index (χ2v) is 12.5. The van der Waals surface area contributed by atoms with Crippen LogP contribution in [0, 0.1) is 0 Å². The molecule has 0 N–H and O–H groups in total. The zero-order valence-electron chi connectivity index (χ0n) is 20.4. The number of halogens is 10. The molecule has 0 fully saturated rings. The Bertz CT molecular complexity index is 756. The van der Waals surface area contributed by atoms with Gasteiger partial charge in [0.15, 0.2) is 0 Å². The first-order valence-electron chi connectivity index (χ1n) is 10.4. The van der Waals surface area contributed by atoms with Crippen molar-refractivity contribution in [3.05, 3.63) is 29.8 Å². The minimum atomic E-state index is -5.32. The van der Waals surface area contributed by atoms with E-state index in [0.29, 0.717) is 12.1 Å². The maximum Gasteiger partial charge on any atom is 0.539 e. The summed E-state index contributed by atoms with van der Waals surface area (Å²) in [6.45, 7) is 2.46. The van der Waals surface area contributed by atoms with Crippen molar-refractivity contribution in [2.45, 2.75) is 51.2 Å². The summed E-state index contributed by atoms with van der Waals surface area (Å²) in [5.41, 5.74) is -1.02. The zero-order chi connectivity index (χ0) is 29.1. The van der Waals surface area contributed by atoms with Gasteiger partial charge in [-0.3, -0.25) is 0 Å². The normalized spacial score (nSPS) is 14.2. The second kappa shape index (κ2) is 14.8. The maximum absolute atomic E-state index is 13.4. The van der Waals surface area contributed by atoms with E-state index in [2.05, 4.69) is 4.43 Å². The molecule has 1 atom stereocenters. The molecular formula is C19H28F10O6Si2. The topological polar surface area (TPSA) is 55.4 Å². The third-order valence-electron chi connectivity index (χ3n) is 4.40. The van der Waals surface area contributed by atoms with Crippen LogP contribution in [0.1, 0.15) is 25.8 Å². The van der Waals surface area contributed by atoms with E-state index in [4.69, 9.17) is 22.1 Å². The summed E-state index contributed by atoms with van der Waals surface area (Å²) in [6.07, 6.45) is -18.8. The van der Waals surface area contributed by atoms with Gasteiger partial charge in [-0.25, -0.2) is 4.39 Å².